The van der Waals surface area contributed by atoms with Gasteiger partial charge in [-0.1, -0.05) is 18.2 Å². The molecule has 1 aromatic carbocycles. The van der Waals surface area contributed by atoms with Crippen LogP contribution in [0.3, 0.4) is 0 Å². The van der Waals surface area contributed by atoms with Crippen LogP contribution in [0.5, 0.6) is 0 Å². The molecule has 0 saturated carbocycles. The zero-order valence-electron chi connectivity index (χ0n) is 12.1. The van der Waals surface area contributed by atoms with Gasteiger partial charge in [0.1, 0.15) is 6.10 Å². The third kappa shape index (κ3) is 4.32. The van der Waals surface area contributed by atoms with Gasteiger partial charge in [0.05, 0.1) is 0 Å². The summed E-state index contributed by atoms with van der Waals surface area (Å²) in [4.78, 5) is 24.8. The van der Waals surface area contributed by atoms with Crippen LogP contribution in [0.2, 0.25) is 0 Å². The van der Waals surface area contributed by atoms with E-state index in [4.69, 9.17) is 10.5 Å². The van der Waals surface area contributed by atoms with Gasteiger partial charge in [-0.15, -0.1) is 0 Å². The van der Waals surface area contributed by atoms with Gasteiger partial charge < -0.3 is 20.7 Å². The summed E-state index contributed by atoms with van der Waals surface area (Å²) in [7, 11) is 3.14. The number of benzene rings is 1. The molecule has 1 atom stereocenters. The van der Waals surface area contributed by atoms with Gasteiger partial charge in [0, 0.05) is 39.9 Å². The number of carbonyl (C=O) groups is 2. The molecule has 0 saturated heterocycles. The molecule has 0 bridgehead atoms. The lowest BCUT2D eigenvalue weighted by Gasteiger charge is -2.19. The fourth-order valence-corrected chi connectivity index (χ4v) is 1.67. The van der Waals surface area contributed by atoms with Gasteiger partial charge in [-0.2, -0.15) is 0 Å². The van der Waals surface area contributed by atoms with Crippen LogP contribution in [0.15, 0.2) is 24.3 Å². The minimum absolute atomic E-state index is 0.0390. The predicted molar refractivity (Wildman–Crippen MR) is 77.1 cm³/mol. The molecule has 0 aliphatic heterocycles. The van der Waals surface area contributed by atoms with E-state index in [1.165, 1.54) is 14.0 Å². The van der Waals surface area contributed by atoms with Crippen molar-refractivity contribution in [2.24, 2.45) is 5.73 Å². The number of amides is 2. The number of carbonyl (C=O) groups excluding carboxylic acids is 2. The average molecular weight is 279 g/mol. The summed E-state index contributed by atoms with van der Waals surface area (Å²) in [5, 5.41) is 2.77. The van der Waals surface area contributed by atoms with E-state index in [9.17, 15) is 9.59 Å². The van der Waals surface area contributed by atoms with Crippen LogP contribution in [0.4, 0.5) is 5.69 Å². The summed E-state index contributed by atoms with van der Waals surface area (Å²) in [5.74, 6) is -0.337. The molecule has 6 nitrogen and oxygen atoms in total. The number of ether oxygens (including phenoxy) is 1. The third-order valence-electron chi connectivity index (χ3n) is 3.01. The standard InChI is InChI=1S/C14H21N3O3/c1-10(18)17(2)9-11-6-4-5-7-12(11)16-14(19)13(8-15)20-3/h4-7,13H,8-9,15H2,1-3H3,(H,16,19). The van der Waals surface area contributed by atoms with Crippen LogP contribution in [0.1, 0.15) is 12.5 Å². The Kier molecular flexibility index (Phi) is 6.14. The monoisotopic (exact) mass is 279 g/mol. The first-order valence-corrected chi connectivity index (χ1v) is 6.33. The molecule has 0 heterocycles. The highest BCUT2D eigenvalue weighted by Gasteiger charge is 2.17. The van der Waals surface area contributed by atoms with E-state index < -0.39 is 6.10 Å². The van der Waals surface area contributed by atoms with Crippen molar-refractivity contribution in [1.29, 1.82) is 0 Å². The molecule has 6 heteroatoms. The number of nitrogens with two attached hydrogens (primary N) is 1. The average Bonchev–Trinajstić information content (AvgIpc) is 2.42. The first-order chi connectivity index (χ1) is 9.49. The summed E-state index contributed by atoms with van der Waals surface area (Å²) in [6.07, 6.45) is -0.686. The highest BCUT2D eigenvalue weighted by atomic mass is 16.5. The third-order valence-corrected chi connectivity index (χ3v) is 3.01. The van der Waals surface area contributed by atoms with Gasteiger partial charge in [-0.05, 0) is 11.6 Å². The maximum Gasteiger partial charge on any atom is 0.254 e. The second-order valence-corrected chi connectivity index (χ2v) is 4.48. The predicted octanol–water partition coefficient (Wildman–Crippen LogP) is 0.577. The Labute approximate surface area is 118 Å². The Morgan fingerprint density at radius 1 is 1.40 bits per heavy atom. The quantitative estimate of drug-likeness (QED) is 0.797. The second-order valence-electron chi connectivity index (χ2n) is 4.48. The van der Waals surface area contributed by atoms with Gasteiger partial charge in [-0.25, -0.2) is 0 Å². The number of hydrogen-bond donors (Lipinski definition) is 2. The zero-order valence-corrected chi connectivity index (χ0v) is 12.1. The lowest BCUT2D eigenvalue weighted by molar-refractivity contribution is -0.128. The highest BCUT2D eigenvalue weighted by Crippen LogP contribution is 2.17. The summed E-state index contributed by atoms with van der Waals surface area (Å²) in [6, 6.07) is 7.32. The molecule has 1 rings (SSSR count). The van der Waals surface area contributed by atoms with Crippen LogP contribution in [0.25, 0.3) is 0 Å². The topological polar surface area (TPSA) is 84.7 Å². The van der Waals surface area contributed by atoms with E-state index in [0.717, 1.165) is 5.56 Å². The minimum Gasteiger partial charge on any atom is -0.370 e. The van der Waals surface area contributed by atoms with Gasteiger partial charge in [-0.3, -0.25) is 9.59 Å². The van der Waals surface area contributed by atoms with Gasteiger partial charge in [0.25, 0.3) is 5.91 Å². The molecule has 0 aliphatic rings. The molecule has 20 heavy (non-hydrogen) atoms. The van der Waals surface area contributed by atoms with Crippen molar-refractivity contribution < 1.29 is 14.3 Å². The normalized spacial score (nSPS) is 11.8. The number of nitrogens with one attached hydrogen (secondary N) is 1. The van der Waals surface area contributed by atoms with Crippen molar-refractivity contribution in [2.45, 2.75) is 19.6 Å². The summed E-state index contributed by atoms with van der Waals surface area (Å²) >= 11 is 0. The molecule has 3 N–H and O–H groups in total. The highest BCUT2D eigenvalue weighted by molar-refractivity contribution is 5.95. The molecule has 0 aliphatic carbocycles. The first kappa shape index (κ1) is 16.1. The van der Waals surface area contributed by atoms with Gasteiger partial charge in [0.2, 0.25) is 5.91 Å². The van der Waals surface area contributed by atoms with E-state index >= 15 is 0 Å². The maximum absolute atomic E-state index is 11.9. The number of hydrogen-bond acceptors (Lipinski definition) is 4. The van der Waals surface area contributed by atoms with Crippen LogP contribution in [-0.4, -0.2) is 43.5 Å². The van der Waals surface area contributed by atoms with Crippen LogP contribution in [-0.2, 0) is 20.9 Å². The zero-order chi connectivity index (χ0) is 15.1. The Morgan fingerprint density at radius 3 is 2.60 bits per heavy atom. The lowest BCUT2D eigenvalue weighted by atomic mass is 10.1. The van der Waals surface area contributed by atoms with E-state index in [2.05, 4.69) is 5.32 Å². The smallest absolute Gasteiger partial charge is 0.254 e. The summed E-state index contributed by atoms with van der Waals surface area (Å²) in [5.41, 5.74) is 6.96. The Morgan fingerprint density at radius 2 is 2.05 bits per heavy atom. The van der Waals surface area contributed by atoms with E-state index in [1.54, 1.807) is 18.0 Å². The number of rotatable bonds is 6. The van der Waals surface area contributed by atoms with E-state index in [0.29, 0.717) is 12.2 Å². The first-order valence-electron chi connectivity index (χ1n) is 6.33. The van der Waals surface area contributed by atoms with Crippen LogP contribution >= 0.6 is 0 Å². The Balaban J connectivity index is 2.85. The number of para-hydroxylation sites is 1. The molecule has 0 aromatic heterocycles. The maximum atomic E-state index is 11.9. The Hall–Kier alpha value is -1.92. The number of methoxy groups -OCH3 is 1. The summed E-state index contributed by atoms with van der Waals surface area (Å²) in [6.45, 7) is 2.03. The largest absolute Gasteiger partial charge is 0.370 e. The molecular weight excluding hydrogens is 258 g/mol. The molecule has 0 fully saturated rings. The lowest BCUT2D eigenvalue weighted by Crippen LogP contribution is -2.36. The van der Waals surface area contributed by atoms with Crippen LogP contribution in [0, 0.1) is 0 Å². The molecule has 110 valence electrons. The second kappa shape index (κ2) is 7.62. The molecular formula is C14H21N3O3. The molecule has 1 aromatic rings. The Bertz CT molecular complexity index is 472. The molecule has 0 radical (unpaired) electrons. The van der Waals surface area contributed by atoms with Crippen molar-refractivity contribution in [3.63, 3.8) is 0 Å². The SMILES string of the molecule is COC(CN)C(=O)Nc1ccccc1CN(C)C(C)=O. The molecule has 1 unspecified atom stereocenters. The van der Waals surface area contributed by atoms with Crippen molar-refractivity contribution >= 4 is 17.5 Å². The summed E-state index contributed by atoms with van der Waals surface area (Å²) < 4.78 is 4.99. The number of nitrogens with zero attached hydrogens (tertiary/aromatic N) is 1. The van der Waals surface area contributed by atoms with Crippen molar-refractivity contribution in [3.05, 3.63) is 29.8 Å². The van der Waals surface area contributed by atoms with Crippen molar-refractivity contribution in [3.8, 4) is 0 Å². The molecule has 2 amide bonds. The van der Waals surface area contributed by atoms with Crippen molar-refractivity contribution in [2.75, 3.05) is 26.0 Å². The van der Waals surface area contributed by atoms with E-state index in [-0.39, 0.29) is 18.4 Å². The fraction of sp³-hybridized carbons (Fsp3) is 0.429. The van der Waals surface area contributed by atoms with Crippen molar-refractivity contribution in [1.82, 2.24) is 4.90 Å². The van der Waals surface area contributed by atoms with E-state index in [1.807, 2.05) is 18.2 Å². The minimum atomic E-state index is -0.686. The van der Waals surface area contributed by atoms with Gasteiger partial charge in [0.15, 0.2) is 0 Å². The number of anilines is 1. The molecule has 0 spiro atoms. The van der Waals surface area contributed by atoms with Gasteiger partial charge >= 0.3 is 0 Å². The fourth-order valence-electron chi connectivity index (χ4n) is 1.67. The van der Waals surface area contributed by atoms with Crippen LogP contribution < -0.4 is 11.1 Å².